The molecule has 2 N–H and O–H groups in total. The van der Waals surface area contributed by atoms with E-state index >= 15 is 0 Å². The van der Waals surface area contributed by atoms with E-state index in [9.17, 15) is 0 Å². The van der Waals surface area contributed by atoms with E-state index in [-0.39, 0.29) is 6.61 Å². The molecule has 0 bridgehead atoms. The van der Waals surface area contributed by atoms with Crippen LogP contribution in [0.3, 0.4) is 0 Å². The van der Waals surface area contributed by atoms with Gasteiger partial charge < -0.3 is 15.3 Å². The summed E-state index contributed by atoms with van der Waals surface area (Å²) in [5.41, 5.74) is 1.17. The lowest BCUT2D eigenvalue weighted by atomic mass is 10.2. The van der Waals surface area contributed by atoms with E-state index in [1.807, 2.05) is 30.1 Å². The fourth-order valence-corrected chi connectivity index (χ4v) is 1.68. The number of hydrogen-bond acceptors (Lipinski definition) is 6. The van der Waals surface area contributed by atoms with Crippen LogP contribution in [0.2, 0.25) is 0 Å². The Hall–Kier alpha value is -2.21. The summed E-state index contributed by atoms with van der Waals surface area (Å²) >= 11 is 0. The van der Waals surface area contributed by atoms with Crippen LogP contribution in [0.15, 0.2) is 36.9 Å². The van der Waals surface area contributed by atoms with Crippen molar-refractivity contribution in [3.8, 4) is 0 Å². The Labute approximate surface area is 112 Å². The molecule has 2 aromatic heterocycles. The van der Waals surface area contributed by atoms with Crippen LogP contribution in [0.25, 0.3) is 0 Å². The number of aliphatic hydroxyl groups is 1. The number of aromatic nitrogens is 3. The molecule has 2 heterocycles. The number of nitrogens with zero attached hydrogens (tertiary/aromatic N) is 4. The molecule has 6 heteroatoms. The van der Waals surface area contributed by atoms with Gasteiger partial charge in [0.1, 0.15) is 18.0 Å². The first kappa shape index (κ1) is 13.2. The minimum atomic E-state index is 0.0756. The molecule has 100 valence electrons. The van der Waals surface area contributed by atoms with Crippen LogP contribution in [0.4, 0.5) is 11.6 Å². The van der Waals surface area contributed by atoms with Crippen LogP contribution >= 0.6 is 0 Å². The number of pyridine rings is 1. The second-order valence-electron chi connectivity index (χ2n) is 4.12. The van der Waals surface area contributed by atoms with Crippen LogP contribution in [-0.2, 0) is 6.54 Å². The molecular weight excluding hydrogens is 242 g/mol. The quantitative estimate of drug-likeness (QED) is 0.803. The molecule has 19 heavy (non-hydrogen) atoms. The first-order valence-electron chi connectivity index (χ1n) is 6.06. The van der Waals surface area contributed by atoms with Gasteiger partial charge in [-0.15, -0.1) is 0 Å². The monoisotopic (exact) mass is 259 g/mol. The van der Waals surface area contributed by atoms with Crippen molar-refractivity contribution in [3.05, 3.63) is 42.5 Å². The molecule has 6 nitrogen and oxygen atoms in total. The van der Waals surface area contributed by atoms with E-state index in [4.69, 9.17) is 5.11 Å². The van der Waals surface area contributed by atoms with Gasteiger partial charge in [-0.3, -0.25) is 4.98 Å². The molecular formula is C13H17N5O. The molecule has 0 radical (unpaired) electrons. The highest BCUT2D eigenvalue weighted by atomic mass is 16.3. The highest BCUT2D eigenvalue weighted by Gasteiger charge is 2.05. The number of aliphatic hydroxyl groups excluding tert-OH is 1. The summed E-state index contributed by atoms with van der Waals surface area (Å²) in [7, 11) is 1.97. The maximum atomic E-state index is 8.78. The Morgan fingerprint density at radius 1 is 1.26 bits per heavy atom. The van der Waals surface area contributed by atoms with Gasteiger partial charge in [0.05, 0.1) is 6.61 Å². The molecule has 0 unspecified atom stereocenters. The normalized spacial score (nSPS) is 10.2. The Kier molecular flexibility index (Phi) is 4.63. The van der Waals surface area contributed by atoms with Crippen LogP contribution in [0.5, 0.6) is 0 Å². The zero-order valence-electron chi connectivity index (χ0n) is 10.8. The van der Waals surface area contributed by atoms with Crippen molar-refractivity contribution in [1.82, 2.24) is 15.0 Å². The lowest BCUT2D eigenvalue weighted by molar-refractivity contribution is 0.311. The first-order valence-corrected chi connectivity index (χ1v) is 6.06. The minimum Gasteiger partial charge on any atom is -0.395 e. The molecule has 0 aromatic carbocycles. The average molecular weight is 259 g/mol. The largest absolute Gasteiger partial charge is 0.395 e. The van der Waals surface area contributed by atoms with Gasteiger partial charge in [0.25, 0.3) is 0 Å². The molecule has 0 fully saturated rings. The van der Waals surface area contributed by atoms with Gasteiger partial charge in [-0.2, -0.15) is 0 Å². The lowest BCUT2D eigenvalue weighted by Gasteiger charge is -2.18. The van der Waals surface area contributed by atoms with Crippen LogP contribution in [0.1, 0.15) is 5.56 Å². The van der Waals surface area contributed by atoms with Crippen molar-refractivity contribution in [2.75, 3.05) is 30.4 Å². The third-order valence-corrected chi connectivity index (χ3v) is 2.63. The molecule has 0 spiro atoms. The summed E-state index contributed by atoms with van der Waals surface area (Å²) in [6.45, 7) is 1.30. The molecule has 2 rings (SSSR count). The molecule has 0 aliphatic heterocycles. The van der Waals surface area contributed by atoms with Gasteiger partial charge in [0.15, 0.2) is 0 Å². The molecule has 0 aliphatic carbocycles. The first-order chi connectivity index (χ1) is 9.29. The second kappa shape index (κ2) is 6.65. The Bertz CT molecular complexity index is 505. The van der Waals surface area contributed by atoms with Crippen molar-refractivity contribution in [2.45, 2.75) is 6.54 Å². The van der Waals surface area contributed by atoms with Crippen molar-refractivity contribution in [3.63, 3.8) is 0 Å². The van der Waals surface area contributed by atoms with E-state index in [1.165, 1.54) is 11.9 Å². The summed E-state index contributed by atoms with van der Waals surface area (Å²) < 4.78 is 0. The molecule has 0 atom stereocenters. The van der Waals surface area contributed by atoms with Crippen molar-refractivity contribution in [1.29, 1.82) is 0 Å². The average Bonchev–Trinajstić information content (AvgIpc) is 2.46. The molecule has 0 aliphatic rings. The fraction of sp³-hybridized carbons (Fsp3) is 0.308. The summed E-state index contributed by atoms with van der Waals surface area (Å²) in [6.07, 6.45) is 5.06. The highest BCUT2D eigenvalue weighted by molar-refractivity contribution is 5.48. The fourth-order valence-electron chi connectivity index (χ4n) is 1.68. The van der Waals surface area contributed by atoms with Crippen molar-refractivity contribution >= 4 is 11.6 Å². The smallest absolute Gasteiger partial charge is 0.134 e. The van der Waals surface area contributed by atoms with Gasteiger partial charge in [0, 0.05) is 38.6 Å². The third kappa shape index (κ3) is 3.89. The summed E-state index contributed by atoms with van der Waals surface area (Å²) in [6, 6.07) is 5.81. The maximum Gasteiger partial charge on any atom is 0.134 e. The van der Waals surface area contributed by atoms with E-state index in [0.717, 1.165) is 12.4 Å². The van der Waals surface area contributed by atoms with Gasteiger partial charge in [-0.05, 0) is 17.7 Å². The van der Waals surface area contributed by atoms with E-state index < -0.39 is 0 Å². The summed E-state index contributed by atoms with van der Waals surface area (Å²) in [5.74, 6) is 1.54. The predicted octanol–water partition coefficient (Wildman–Crippen LogP) is 0.912. The van der Waals surface area contributed by atoms with Gasteiger partial charge in [-0.1, -0.05) is 0 Å². The van der Waals surface area contributed by atoms with E-state index in [2.05, 4.69) is 20.3 Å². The minimum absolute atomic E-state index is 0.0756. The highest BCUT2D eigenvalue weighted by Crippen LogP contribution is 2.14. The second-order valence-corrected chi connectivity index (χ2v) is 4.12. The summed E-state index contributed by atoms with van der Waals surface area (Å²) in [4.78, 5) is 14.4. The van der Waals surface area contributed by atoms with E-state index in [1.54, 1.807) is 12.4 Å². The molecule has 2 aromatic rings. The zero-order valence-corrected chi connectivity index (χ0v) is 10.8. The van der Waals surface area contributed by atoms with Crippen molar-refractivity contribution in [2.24, 2.45) is 0 Å². The Balaban J connectivity index is 2.04. The van der Waals surface area contributed by atoms with Crippen LogP contribution < -0.4 is 10.2 Å². The maximum absolute atomic E-state index is 8.78. The number of anilines is 2. The SMILES string of the molecule is CN(Cc1ccncc1)c1cc(NCCO)ncn1. The Morgan fingerprint density at radius 3 is 2.79 bits per heavy atom. The Morgan fingerprint density at radius 2 is 2.05 bits per heavy atom. The topological polar surface area (TPSA) is 74.2 Å². The van der Waals surface area contributed by atoms with Gasteiger partial charge in [-0.25, -0.2) is 9.97 Å². The third-order valence-electron chi connectivity index (χ3n) is 2.63. The molecule has 0 saturated heterocycles. The van der Waals surface area contributed by atoms with Gasteiger partial charge in [0.2, 0.25) is 0 Å². The van der Waals surface area contributed by atoms with Crippen LogP contribution in [-0.4, -0.2) is 40.3 Å². The molecule has 0 amide bonds. The lowest BCUT2D eigenvalue weighted by Crippen LogP contribution is -2.18. The number of nitrogens with one attached hydrogen (secondary N) is 1. The zero-order chi connectivity index (χ0) is 13.5. The number of rotatable bonds is 6. The number of hydrogen-bond donors (Lipinski definition) is 2. The standard InChI is InChI=1S/C13H17N5O/c1-18(9-11-2-4-14-5-3-11)13-8-12(15-6-7-19)16-10-17-13/h2-5,8,10,19H,6-7,9H2,1H3,(H,15,16,17). The molecule has 0 saturated carbocycles. The predicted molar refractivity (Wildman–Crippen MR) is 74.0 cm³/mol. The van der Waals surface area contributed by atoms with Gasteiger partial charge >= 0.3 is 0 Å². The van der Waals surface area contributed by atoms with E-state index in [0.29, 0.717) is 12.4 Å². The van der Waals surface area contributed by atoms with Crippen molar-refractivity contribution < 1.29 is 5.11 Å². The summed E-state index contributed by atoms with van der Waals surface area (Å²) in [5, 5.41) is 11.8. The van der Waals surface area contributed by atoms with Crippen LogP contribution in [0, 0.1) is 0 Å².